The minimum Gasteiger partial charge on any atom is -0.480 e. The smallest absolute Gasteiger partial charge is 0.323 e. The molecule has 14 heavy (non-hydrogen) atoms. The molecule has 0 radical (unpaired) electrons. The maximum Gasteiger partial charge on any atom is 0.323 e. The monoisotopic (exact) mass is 197 g/mol. The van der Waals surface area contributed by atoms with Crippen molar-refractivity contribution in [3.63, 3.8) is 0 Å². The Hall–Kier alpha value is -1.49. The molecule has 0 fully saturated rings. The quantitative estimate of drug-likeness (QED) is 0.539. The second-order valence-electron chi connectivity index (χ2n) is 3.07. The van der Waals surface area contributed by atoms with Gasteiger partial charge in [-0.15, -0.1) is 0 Å². The van der Waals surface area contributed by atoms with E-state index in [2.05, 4.69) is 4.99 Å². The summed E-state index contributed by atoms with van der Waals surface area (Å²) in [5.41, 5.74) is 4.24. The number of nitrogens with one attached hydrogen (secondary N) is 1. The summed E-state index contributed by atoms with van der Waals surface area (Å²) in [6.07, 6.45) is 6.20. The summed E-state index contributed by atoms with van der Waals surface area (Å²) in [6.45, 7) is 1.79. The molecule has 0 aromatic carbocycles. The lowest BCUT2D eigenvalue weighted by Crippen LogP contribution is -2.44. The molecule has 0 aromatic rings. The number of nitrogens with two attached hydrogens (primary N) is 1. The number of nitrogens with zero attached hydrogens (tertiary/aromatic N) is 1. The fraction of sp³-hybridized carbons (Fsp3) is 0.444. The Morgan fingerprint density at radius 1 is 1.71 bits per heavy atom. The number of aliphatic imine (C=N–C) groups is 1. The largest absolute Gasteiger partial charge is 0.480 e. The molecule has 0 aliphatic rings. The van der Waals surface area contributed by atoms with Gasteiger partial charge in [0.2, 0.25) is 0 Å². The average Bonchev–Trinajstić information content (AvgIpc) is 2.10. The third kappa shape index (κ3) is 5.21. The van der Waals surface area contributed by atoms with Gasteiger partial charge < -0.3 is 16.2 Å². The number of carbonyl (C=O) groups is 1. The highest BCUT2D eigenvalue weighted by molar-refractivity contribution is 5.78. The van der Waals surface area contributed by atoms with Crippen LogP contribution >= 0.6 is 0 Å². The van der Waals surface area contributed by atoms with Crippen molar-refractivity contribution in [2.24, 2.45) is 10.7 Å². The number of hydrogen-bond donors (Lipinski definition) is 3. The summed E-state index contributed by atoms with van der Waals surface area (Å²) in [5, 5.41) is 15.3. The predicted molar refractivity (Wildman–Crippen MR) is 56.1 cm³/mol. The third-order valence-electron chi connectivity index (χ3n) is 1.55. The highest BCUT2D eigenvalue weighted by atomic mass is 16.4. The molecule has 0 heterocycles. The first-order chi connectivity index (χ1) is 6.50. The molecule has 0 spiro atoms. The molecule has 4 N–H and O–H groups in total. The van der Waals surface area contributed by atoms with Crippen LogP contribution in [-0.4, -0.2) is 35.6 Å². The number of allylic oxidation sites excluding steroid dienone is 1. The van der Waals surface area contributed by atoms with Gasteiger partial charge in [-0.3, -0.25) is 9.79 Å². The van der Waals surface area contributed by atoms with Gasteiger partial charge in [0.15, 0.2) is 0 Å². The molecule has 0 saturated heterocycles. The second-order valence-corrected chi connectivity index (χ2v) is 3.07. The molecule has 0 aliphatic heterocycles. The molecule has 5 heteroatoms. The fourth-order valence-electron chi connectivity index (χ4n) is 0.635. The normalized spacial score (nSPS) is 15.9. The second kappa shape index (κ2) is 6.04. The summed E-state index contributed by atoms with van der Waals surface area (Å²) in [7, 11) is 0. The SMILES string of the molecule is C[C@](N)(CC=CC=NCC=N)C(=O)O. The van der Waals surface area contributed by atoms with Crippen molar-refractivity contribution in [3.8, 4) is 0 Å². The zero-order chi connectivity index (χ0) is 11.0. The first-order valence-corrected chi connectivity index (χ1v) is 4.17. The number of aliphatic carboxylic acids is 1. The topological polar surface area (TPSA) is 99.5 Å². The van der Waals surface area contributed by atoms with Crippen molar-refractivity contribution in [3.05, 3.63) is 12.2 Å². The van der Waals surface area contributed by atoms with E-state index in [9.17, 15) is 4.79 Å². The van der Waals surface area contributed by atoms with E-state index in [0.29, 0.717) is 6.54 Å². The van der Waals surface area contributed by atoms with Gasteiger partial charge in [-0.2, -0.15) is 0 Å². The van der Waals surface area contributed by atoms with E-state index in [4.69, 9.17) is 16.2 Å². The van der Waals surface area contributed by atoms with E-state index >= 15 is 0 Å². The Balaban J connectivity index is 3.93. The van der Waals surface area contributed by atoms with Crippen LogP contribution in [0.3, 0.4) is 0 Å². The molecule has 0 unspecified atom stereocenters. The van der Waals surface area contributed by atoms with Gasteiger partial charge in [0.1, 0.15) is 5.54 Å². The minimum absolute atomic E-state index is 0.249. The Labute approximate surface area is 82.8 Å². The van der Waals surface area contributed by atoms with Gasteiger partial charge in [0, 0.05) is 12.4 Å². The van der Waals surface area contributed by atoms with Gasteiger partial charge in [-0.25, -0.2) is 0 Å². The first-order valence-electron chi connectivity index (χ1n) is 4.17. The summed E-state index contributed by atoms with van der Waals surface area (Å²) in [6, 6.07) is 0. The van der Waals surface area contributed by atoms with Crippen LogP contribution in [0, 0.1) is 5.41 Å². The lowest BCUT2D eigenvalue weighted by molar-refractivity contribution is -0.142. The molecule has 0 rings (SSSR count). The fourth-order valence-corrected chi connectivity index (χ4v) is 0.635. The molecular weight excluding hydrogens is 182 g/mol. The van der Waals surface area contributed by atoms with Crippen molar-refractivity contribution in [2.75, 3.05) is 6.54 Å². The number of rotatable bonds is 6. The van der Waals surface area contributed by atoms with Crippen LogP contribution in [0.1, 0.15) is 13.3 Å². The Morgan fingerprint density at radius 2 is 2.36 bits per heavy atom. The third-order valence-corrected chi connectivity index (χ3v) is 1.55. The minimum atomic E-state index is -1.23. The standard InChI is InChI=1S/C9H15N3O2/c1-9(11,8(13)14)4-2-3-6-12-7-5-10/h2-3,5-6,10H,4,7,11H2,1H3,(H,13,14)/t9-/m0/s1. The van der Waals surface area contributed by atoms with Crippen molar-refractivity contribution >= 4 is 18.4 Å². The van der Waals surface area contributed by atoms with Gasteiger partial charge in [-0.1, -0.05) is 6.08 Å². The zero-order valence-electron chi connectivity index (χ0n) is 8.10. The predicted octanol–water partition coefficient (Wildman–Crippen LogP) is 0.455. The Kier molecular flexibility index (Phi) is 5.40. The molecule has 0 aromatic heterocycles. The van der Waals surface area contributed by atoms with Gasteiger partial charge in [0.05, 0.1) is 6.54 Å². The van der Waals surface area contributed by atoms with Gasteiger partial charge >= 0.3 is 5.97 Å². The molecule has 1 atom stereocenters. The molecule has 0 amide bonds. The Morgan fingerprint density at radius 3 is 2.86 bits per heavy atom. The molecule has 78 valence electrons. The molecule has 0 aliphatic carbocycles. The number of carboxylic acid groups (broad SMARTS) is 1. The van der Waals surface area contributed by atoms with Crippen LogP contribution in [0.4, 0.5) is 0 Å². The van der Waals surface area contributed by atoms with E-state index in [-0.39, 0.29) is 6.42 Å². The van der Waals surface area contributed by atoms with Gasteiger partial charge in [0.25, 0.3) is 0 Å². The highest BCUT2D eigenvalue weighted by Gasteiger charge is 2.25. The lowest BCUT2D eigenvalue weighted by atomic mass is 10.00. The van der Waals surface area contributed by atoms with Crippen molar-refractivity contribution in [1.29, 1.82) is 5.41 Å². The average molecular weight is 197 g/mol. The van der Waals surface area contributed by atoms with E-state index < -0.39 is 11.5 Å². The molecule has 5 nitrogen and oxygen atoms in total. The van der Waals surface area contributed by atoms with Crippen molar-refractivity contribution in [1.82, 2.24) is 0 Å². The van der Waals surface area contributed by atoms with Crippen LogP contribution in [0.15, 0.2) is 17.1 Å². The van der Waals surface area contributed by atoms with E-state index in [1.807, 2.05) is 0 Å². The lowest BCUT2D eigenvalue weighted by Gasteiger charge is -2.15. The summed E-state index contributed by atoms with van der Waals surface area (Å²) in [5.74, 6) is -1.03. The van der Waals surface area contributed by atoms with Crippen molar-refractivity contribution < 1.29 is 9.90 Å². The maximum atomic E-state index is 10.6. The summed E-state index contributed by atoms with van der Waals surface area (Å²) in [4.78, 5) is 14.4. The van der Waals surface area contributed by atoms with E-state index in [0.717, 1.165) is 0 Å². The summed E-state index contributed by atoms with van der Waals surface area (Å²) >= 11 is 0. The molecule has 0 saturated carbocycles. The maximum absolute atomic E-state index is 10.6. The van der Waals surface area contributed by atoms with Crippen LogP contribution < -0.4 is 5.73 Å². The summed E-state index contributed by atoms with van der Waals surface area (Å²) < 4.78 is 0. The molecule has 0 bridgehead atoms. The van der Waals surface area contributed by atoms with Crippen LogP contribution in [-0.2, 0) is 4.79 Å². The van der Waals surface area contributed by atoms with Crippen LogP contribution in [0.2, 0.25) is 0 Å². The van der Waals surface area contributed by atoms with Crippen LogP contribution in [0.5, 0.6) is 0 Å². The van der Waals surface area contributed by atoms with Crippen molar-refractivity contribution in [2.45, 2.75) is 18.9 Å². The van der Waals surface area contributed by atoms with Crippen LogP contribution in [0.25, 0.3) is 0 Å². The first kappa shape index (κ1) is 12.5. The molecular formula is C9H15N3O2. The Bertz CT molecular complexity index is 257. The van der Waals surface area contributed by atoms with E-state index in [1.54, 1.807) is 12.2 Å². The number of hydrogen-bond acceptors (Lipinski definition) is 4. The van der Waals surface area contributed by atoms with Gasteiger partial charge in [-0.05, 0) is 19.4 Å². The number of carboxylic acids is 1. The van der Waals surface area contributed by atoms with E-state index in [1.165, 1.54) is 19.4 Å². The zero-order valence-corrected chi connectivity index (χ0v) is 8.10. The highest BCUT2D eigenvalue weighted by Crippen LogP contribution is 2.05.